The Labute approximate surface area is 88.7 Å². The van der Waals surface area contributed by atoms with Gasteiger partial charge < -0.3 is 4.90 Å². The number of rotatable bonds is 3. The Morgan fingerprint density at radius 2 is 1.87 bits per heavy atom. The minimum atomic E-state index is -2.36. The summed E-state index contributed by atoms with van der Waals surface area (Å²) >= 11 is 0. The average molecular weight is 211 g/mol. The standard InChI is InChI=1S/C12H15F2N/c1-2-9-7-15(8-9)11-5-3-10(4-6-11)12(13)14/h3-6,9,12H,2,7-8H2,1H3. The number of nitrogens with zero attached hydrogens (tertiary/aromatic N) is 1. The van der Waals surface area contributed by atoms with E-state index in [2.05, 4.69) is 11.8 Å². The van der Waals surface area contributed by atoms with E-state index in [0.29, 0.717) is 0 Å². The van der Waals surface area contributed by atoms with Crippen molar-refractivity contribution in [3.63, 3.8) is 0 Å². The Hall–Kier alpha value is -1.12. The zero-order valence-corrected chi connectivity index (χ0v) is 8.79. The molecule has 15 heavy (non-hydrogen) atoms. The molecule has 0 saturated carbocycles. The summed E-state index contributed by atoms with van der Waals surface area (Å²) in [4.78, 5) is 2.23. The Bertz CT molecular complexity index is 315. The van der Waals surface area contributed by atoms with Gasteiger partial charge in [-0.15, -0.1) is 0 Å². The second-order valence-corrected chi connectivity index (χ2v) is 4.07. The molecule has 1 heterocycles. The normalized spacial score (nSPS) is 16.9. The molecule has 0 bridgehead atoms. The second kappa shape index (κ2) is 4.17. The lowest BCUT2D eigenvalue weighted by Gasteiger charge is -2.40. The number of anilines is 1. The summed E-state index contributed by atoms with van der Waals surface area (Å²) in [6.07, 6.45) is -1.16. The summed E-state index contributed by atoms with van der Waals surface area (Å²) in [5.41, 5.74) is 1.16. The largest absolute Gasteiger partial charge is 0.371 e. The molecule has 82 valence electrons. The highest BCUT2D eigenvalue weighted by Crippen LogP contribution is 2.28. The third-order valence-electron chi connectivity index (χ3n) is 3.04. The molecule has 0 aliphatic carbocycles. The maximum atomic E-state index is 12.3. The minimum Gasteiger partial charge on any atom is -0.371 e. The summed E-state index contributed by atoms with van der Waals surface area (Å²) < 4.78 is 24.6. The fourth-order valence-electron chi connectivity index (χ4n) is 1.87. The first-order valence-corrected chi connectivity index (χ1v) is 5.33. The van der Waals surface area contributed by atoms with Crippen LogP contribution in [0.4, 0.5) is 14.5 Å². The molecule has 0 N–H and O–H groups in total. The van der Waals surface area contributed by atoms with Gasteiger partial charge in [0.15, 0.2) is 0 Å². The highest BCUT2D eigenvalue weighted by Gasteiger charge is 2.24. The molecule has 1 nitrogen and oxygen atoms in total. The average Bonchev–Trinajstić information content (AvgIpc) is 2.17. The summed E-state index contributed by atoms with van der Waals surface area (Å²) in [5, 5.41) is 0. The van der Waals surface area contributed by atoms with Crippen LogP contribution in [0.15, 0.2) is 24.3 Å². The Morgan fingerprint density at radius 3 is 2.33 bits per heavy atom. The second-order valence-electron chi connectivity index (χ2n) is 4.07. The molecule has 1 aromatic carbocycles. The van der Waals surface area contributed by atoms with Crippen molar-refractivity contribution < 1.29 is 8.78 Å². The molecule has 1 aliphatic rings. The number of alkyl halides is 2. The van der Waals surface area contributed by atoms with Gasteiger partial charge in [-0.3, -0.25) is 0 Å². The monoisotopic (exact) mass is 211 g/mol. The van der Waals surface area contributed by atoms with Gasteiger partial charge in [0.1, 0.15) is 0 Å². The quantitative estimate of drug-likeness (QED) is 0.740. The fraction of sp³-hybridized carbons (Fsp3) is 0.500. The first-order valence-electron chi connectivity index (χ1n) is 5.33. The predicted octanol–water partition coefficient (Wildman–Crippen LogP) is 3.47. The molecular weight excluding hydrogens is 196 g/mol. The zero-order chi connectivity index (χ0) is 10.8. The van der Waals surface area contributed by atoms with E-state index in [-0.39, 0.29) is 5.56 Å². The van der Waals surface area contributed by atoms with Crippen molar-refractivity contribution in [1.82, 2.24) is 0 Å². The number of benzene rings is 1. The molecule has 0 amide bonds. The molecule has 0 spiro atoms. The van der Waals surface area contributed by atoms with Crippen LogP contribution >= 0.6 is 0 Å². The molecule has 0 unspecified atom stereocenters. The van der Waals surface area contributed by atoms with Crippen molar-refractivity contribution in [2.24, 2.45) is 5.92 Å². The van der Waals surface area contributed by atoms with Crippen LogP contribution in [0.25, 0.3) is 0 Å². The first-order chi connectivity index (χ1) is 7.20. The molecular formula is C12H15F2N. The van der Waals surface area contributed by atoms with Crippen LogP contribution < -0.4 is 4.90 Å². The molecule has 0 radical (unpaired) electrons. The molecule has 1 aliphatic heterocycles. The summed E-state index contributed by atoms with van der Waals surface area (Å²) in [7, 11) is 0. The third-order valence-corrected chi connectivity index (χ3v) is 3.04. The van der Waals surface area contributed by atoms with Gasteiger partial charge in [-0.1, -0.05) is 19.1 Å². The number of halogens is 2. The Balaban J connectivity index is 1.99. The van der Waals surface area contributed by atoms with Gasteiger partial charge in [-0.25, -0.2) is 8.78 Å². The summed E-state index contributed by atoms with van der Waals surface area (Å²) in [6, 6.07) is 6.60. The highest BCUT2D eigenvalue weighted by atomic mass is 19.3. The highest BCUT2D eigenvalue weighted by molar-refractivity contribution is 5.50. The van der Waals surface area contributed by atoms with E-state index in [4.69, 9.17) is 0 Å². The van der Waals surface area contributed by atoms with Crippen molar-refractivity contribution in [2.75, 3.05) is 18.0 Å². The van der Waals surface area contributed by atoms with Gasteiger partial charge in [0.2, 0.25) is 0 Å². The molecule has 0 aromatic heterocycles. The molecule has 0 atom stereocenters. The minimum absolute atomic E-state index is 0.103. The van der Waals surface area contributed by atoms with Gasteiger partial charge in [0, 0.05) is 24.3 Å². The maximum Gasteiger partial charge on any atom is 0.263 e. The molecule has 2 rings (SSSR count). The van der Waals surface area contributed by atoms with Crippen LogP contribution in [0.5, 0.6) is 0 Å². The number of hydrogen-bond acceptors (Lipinski definition) is 1. The van der Waals surface area contributed by atoms with Gasteiger partial charge in [0.25, 0.3) is 6.43 Å². The van der Waals surface area contributed by atoms with Crippen molar-refractivity contribution in [3.05, 3.63) is 29.8 Å². The predicted molar refractivity (Wildman–Crippen MR) is 57.4 cm³/mol. The SMILES string of the molecule is CCC1CN(c2ccc(C(F)F)cc2)C1. The maximum absolute atomic E-state index is 12.3. The Kier molecular flexibility index (Phi) is 2.89. The van der Waals surface area contributed by atoms with Gasteiger partial charge in [-0.05, 0) is 24.5 Å². The van der Waals surface area contributed by atoms with Crippen LogP contribution in [0.3, 0.4) is 0 Å². The topological polar surface area (TPSA) is 3.24 Å². The van der Waals surface area contributed by atoms with Crippen molar-refractivity contribution in [1.29, 1.82) is 0 Å². The van der Waals surface area contributed by atoms with Crippen LogP contribution in [-0.4, -0.2) is 13.1 Å². The van der Waals surface area contributed by atoms with Gasteiger partial charge in [-0.2, -0.15) is 0 Å². The van der Waals surface area contributed by atoms with Crippen LogP contribution in [0, 0.1) is 5.92 Å². The lowest BCUT2D eigenvalue weighted by molar-refractivity contribution is 0.151. The van der Waals surface area contributed by atoms with E-state index < -0.39 is 6.43 Å². The summed E-state index contributed by atoms with van der Waals surface area (Å²) in [5.74, 6) is 0.778. The summed E-state index contributed by atoms with van der Waals surface area (Å²) in [6.45, 7) is 4.30. The first kappa shape index (κ1) is 10.4. The van der Waals surface area contributed by atoms with Crippen LogP contribution in [0.2, 0.25) is 0 Å². The van der Waals surface area contributed by atoms with Crippen molar-refractivity contribution >= 4 is 5.69 Å². The van der Waals surface area contributed by atoms with E-state index in [9.17, 15) is 8.78 Å². The van der Waals surface area contributed by atoms with Gasteiger partial charge >= 0.3 is 0 Å². The van der Waals surface area contributed by atoms with Crippen LogP contribution in [0.1, 0.15) is 25.3 Å². The van der Waals surface area contributed by atoms with E-state index in [1.165, 1.54) is 18.6 Å². The van der Waals surface area contributed by atoms with E-state index in [1.807, 2.05) is 0 Å². The molecule has 1 aromatic rings. The Morgan fingerprint density at radius 1 is 1.27 bits per heavy atom. The molecule has 1 fully saturated rings. The van der Waals surface area contributed by atoms with E-state index in [1.54, 1.807) is 12.1 Å². The zero-order valence-electron chi connectivity index (χ0n) is 8.79. The fourth-order valence-corrected chi connectivity index (χ4v) is 1.87. The van der Waals surface area contributed by atoms with E-state index >= 15 is 0 Å². The van der Waals surface area contributed by atoms with E-state index in [0.717, 1.165) is 24.7 Å². The van der Waals surface area contributed by atoms with Crippen LogP contribution in [-0.2, 0) is 0 Å². The molecule has 3 heteroatoms. The van der Waals surface area contributed by atoms with Crippen molar-refractivity contribution in [2.45, 2.75) is 19.8 Å². The van der Waals surface area contributed by atoms with Gasteiger partial charge in [0.05, 0.1) is 0 Å². The lowest BCUT2D eigenvalue weighted by atomic mass is 9.96. The lowest BCUT2D eigenvalue weighted by Crippen LogP contribution is -2.46. The number of hydrogen-bond donors (Lipinski definition) is 0. The third kappa shape index (κ3) is 2.11. The molecule has 1 saturated heterocycles. The smallest absolute Gasteiger partial charge is 0.263 e. The van der Waals surface area contributed by atoms with Crippen molar-refractivity contribution in [3.8, 4) is 0 Å².